The minimum Gasteiger partial charge on any atom is -0.377 e. The van der Waals surface area contributed by atoms with Crippen LogP contribution in [0.1, 0.15) is 11.4 Å². The Morgan fingerprint density at radius 3 is 2.75 bits per heavy atom. The third-order valence-corrected chi connectivity index (χ3v) is 2.73. The molecule has 2 N–H and O–H groups in total. The first-order valence-corrected chi connectivity index (χ1v) is 5.57. The molecule has 0 aromatic carbocycles. The molecule has 1 saturated heterocycles. The Labute approximate surface area is 95.6 Å². The van der Waals surface area contributed by atoms with Crippen molar-refractivity contribution in [3.8, 4) is 0 Å². The number of hydrogen-bond donors (Lipinski definition) is 1. The lowest BCUT2D eigenvalue weighted by Gasteiger charge is -2.35. The Morgan fingerprint density at radius 1 is 1.44 bits per heavy atom. The molecule has 88 valence electrons. The number of morpholine rings is 1. The molecule has 2 heterocycles. The number of aryl methyl sites for hydroxylation is 2. The van der Waals surface area contributed by atoms with Crippen LogP contribution < -0.4 is 10.6 Å². The van der Waals surface area contributed by atoms with Gasteiger partial charge in [0.15, 0.2) is 0 Å². The molecule has 1 fully saturated rings. The summed E-state index contributed by atoms with van der Waals surface area (Å²) < 4.78 is 5.41. The highest BCUT2D eigenvalue weighted by Crippen LogP contribution is 2.15. The second kappa shape index (κ2) is 4.76. The molecule has 1 aliphatic heterocycles. The number of ether oxygens (including phenoxy) is 1. The SMILES string of the molecule is Cc1cc(C)nc(N2CCOCC2CN)n1. The van der Waals surface area contributed by atoms with Crippen molar-refractivity contribution in [1.29, 1.82) is 0 Å². The number of anilines is 1. The monoisotopic (exact) mass is 222 g/mol. The van der Waals surface area contributed by atoms with E-state index in [9.17, 15) is 0 Å². The van der Waals surface area contributed by atoms with Crippen molar-refractivity contribution in [3.05, 3.63) is 17.5 Å². The van der Waals surface area contributed by atoms with Crippen molar-refractivity contribution >= 4 is 5.95 Å². The first-order valence-electron chi connectivity index (χ1n) is 5.57. The fourth-order valence-electron chi connectivity index (χ4n) is 1.95. The molecule has 0 spiro atoms. The van der Waals surface area contributed by atoms with Crippen LogP contribution in [0.3, 0.4) is 0 Å². The summed E-state index contributed by atoms with van der Waals surface area (Å²) in [6.45, 7) is 6.72. The summed E-state index contributed by atoms with van der Waals surface area (Å²) in [4.78, 5) is 11.1. The van der Waals surface area contributed by atoms with Crippen LogP contribution in [0.4, 0.5) is 5.95 Å². The molecule has 1 aliphatic rings. The van der Waals surface area contributed by atoms with Crippen LogP contribution in [-0.2, 0) is 4.74 Å². The van der Waals surface area contributed by atoms with E-state index in [1.165, 1.54) is 0 Å². The van der Waals surface area contributed by atoms with E-state index in [-0.39, 0.29) is 6.04 Å². The number of aromatic nitrogens is 2. The maximum Gasteiger partial charge on any atom is 0.226 e. The van der Waals surface area contributed by atoms with Crippen LogP contribution in [0.15, 0.2) is 6.07 Å². The summed E-state index contributed by atoms with van der Waals surface area (Å²) in [6, 6.07) is 2.16. The molecule has 1 unspecified atom stereocenters. The van der Waals surface area contributed by atoms with Crippen molar-refractivity contribution in [2.45, 2.75) is 19.9 Å². The highest BCUT2D eigenvalue weighted by Gasteiger charge is 2.24. The fraction of sp³-hybridized carbons (Fsp3) is 0.636. The third-order valence-electron chi connectivity index (χ3n) is 2.73. The summed E-state index contributed by atoms with van der Waals surface area (Å²) in [6.07, 6.45) is 0. The molecule has 5 heteroatoms. The van der Waals surface area contributed by atoms with E-state index in [0.29, 0.717) is 19.8 Å². The van der Waals surface area contributed by atoms with Gasteiger partial charge in [-0.25, -0.2) is 9.97 Å². The van der Waals surface area contributed by atoms with Crippen molar-refractivity contribution < 1.29 is 4.74 Å². The standard InChI is InChI=1S/C11H18N4O/c1-8-5-9(2)14-11(13-8)15-3-4-16-7-10(15)6-12/h5,10H,3-4,6-7,12H2,1-2H3. The van der Waals surface area contributed by atoms with Crippen LogP contribution in [0, 0.1) is 13.8 Å². The Balaban J connectivity index is 2.26. The Morgan fingerprint density at radius 2 is 2.12 bits per heavy atom. The summed E-state index contributed by atoms with van der Waals surface area (Å²) >= 11 is 0. The molecule has 0 saturated carbocycles. The van der Waals surface area contributed by atoms with Crippen molar-refractivity contribution in [3.63, 3.8) is 0 Å². The van der Waals surface area contributed by atoms with Crippen LogP contribution in [0.25, 0.3) is 0 Å². The zero-order chi connectivity index (χ0) is 11.5. The number of rotatable bonds is 2. The number of nitrogens with zero attached hydrogens (tertiary/aromatic N) is 3. The van der Waals surface area contributed by atoms with E-state index in [1.807, 2.05) is 19.9 Å². The molecule has 1 aromatic rings. The number of nitrogens with two attached hydrogens (primary N) is 1. The van der Waals surface area contributed by atoms with E-state index < -0.39 is 0 Å². The van der Waals surface area contributed by atoms with Crippen molar-refractivity contribution in [1.82, 2.24) is 9.97 Å². The molecule has 1 aromatic heterocycles. The third kappa shape index (κ3) is 2.31. The lowest BCUT2D eigenvalue weighted by atomic mass is 10.2. The zero-order valence-corrected chi connectivity index (χ0v) is 9.81. The van der Waals surface area contributed by atoms with Crippen LogP contribution >= 0.6 is 0 Å². The minimum absolute atomic E-state index is 0.190. The average Bonchev–Trinajstić information content (AvgIpc) is 2.27. The predicted octanol–water partition coefficient (Wildman–Crippen LogP) is 0.257. The molecule has 0 radical (unpaired) electrons. The Bertz CT molecular complexity index is 349. The lowest BCUT2D eigenvalue weighted by molar-refractivity contribution is 0.0953. The van der Waals surface area contributed by atoms with Crippen molar-refractivity contribution in [2.24, 2.45) is 5.73 Å². The first-order chi connectivity index (χ1) is 7.70. The topological polar surface area (TPSA) is 64.3 Å². The maximum atomic E-state index is 5.73. The van der Waals surface area contributed by atoms with E-state index in [1.54, 1.807) is 0 Å². The van der Waals surface area contributed by atoms with Gasteiger partial charge >= 0.3 is 0 Å². The molecule has 0 aliphatic carbocycles. The summed E-state index contributed by atoms with van der Waals surface area (Å²) in [5.74, 6) is 0.774. The minimum atomic E-state index is 0.190. The smallest absolute Gasteiger partial charge is 0.226 e. The maximum absolute atomic E-state index is 5.73. The highest BCUT2D eigenvalue weighted by atomic mass is 16.5. The van der Waals surface area contributed by atoms with Crippen LogP contribution in [-0.4, -0.2) is 42.3 Å². The number of hydrogen-bond acceptors (Lipinski definition) is 5. The lowest BCUT2D eigenvalue weighted by Crippen LogP contribution is -2.50. The molecular formula is C11H18N4O. The molecule has 0 amide bonds. The van der Waals surface area contributed by atoms with Crippen molar-refractivity contribution in [2.75, 3.05) is 31.2 Å². The van der Waals surface area contributed by atoms with E-state index in [2.05, 4.69) is 14.9 Å². The van der Waals surface area contributed by atoms with Gasteiger partial charge in [-0.1, -0.05) is 0 Å². The van der Waals surface area contributed by atoms with Gasteiger partial charge < -0.3 is 15.4 Å². The van der Waals surface area contributed by atoms with Gasteiger partial charge in [-0.3, -0.25) is 0 Å². The summed E-state index contributed by atoms with van der Waals surface area (Å²) in [7, 11) is 0. The van der Waals surface area contributed by atoms with Crippen LogP contribution in [0.5, 0.6) is 0 Å². The summed E-state index contributed by atoms with van der Waals surface area (Å²) in [5, 5.41) is 0. The van der Waals surface area contributed by atoms with Gasteiger partial charge in [-0.2, -0.15) is 0 Å². The Kier molecular flexibility index (Phi) is 3.36. The van der Waals surface area contributed by atoms with E-state index in [0.717, 1.165) is 23.9 Å². The molecule has 16 heavy (non-hydrogen) atoms. The quantitative estimate of drug-likeness (QED) is 0.777. The average molecular weight is 222 g/mol. The van der Waals surface area contributed by atoms with E-state index >= 15 is 0 Å². The first kappa shape index (κ1) is 11.3. The van der Waals surface area contributed by atoms with E-state index in [4.69, 9.17) is 10.5 Å². The molecule has 2 rings (SSSR count). The Hall–Kier alpha value is -1.20. The van der Waals surface area contributed by atoms with Gasteiger partial charge in [0.1, 0.15) is 0 Å². The van der Waals surface area contributed by atoms with Crippen LogP contribution in [0.2, 0.25) is 0 Å². The zero-order valence-electron chi connectivity index (χ0n) is 9.81. The predicted molar refractivity (Wildman–Crippen MR) is 62.5 cm³/mol. The second-order valence-corrected chi connectivity index (χ2v) is 4.11. The molecular weight excluding hydrogens is 204 g/mol. The van der Waals surface area contributed by atoms with Gasteiger partial charge in [0.25, 0.3) is 0 Å². The molecule has 5 nitrogen and oxygen atoms in total. The summed E-state index contributed by atoms with van der Waals surface area (Å²) in [5.41, 5.74) is 7.71. The molecule has 1 atom stereocenters. The van der Waals surface area contributed by atoms with Gasteiger partial charge in [-0.05, 0) is 19.9 Å². The normalized spacial score (nSPS) is 21.2. The van der Waals surface area contributed by atoms with Gasteiger partial charge in [0.05, 0.1) is 19.3 Å². The fourth-order valence-corrected chi connectivity index (χ4v) is 1.95. The second-order valence-electron chi connectivity index (χ2n) is 4.11. The van der Waals surface area contributed by atoms with Gasteiger partial charge in [0, 0.05) is 24.5 Å². The van der Waals surface area contributed by atoms with Gasteiger partial charge in [0.2, 0.25) is 5.95 Å². The largest absolute Gasteiger partial charge is 0.377 e. The van der Waals surface area contributed by atoms with Gasteiger partial charge in [-0.15, -0.1) is 0 Å². The highest BCUT2D eigenvalue weighted by molar-refractivity contribution is 5.34. The molecule has 0 bridgehead atoms.